The summed E-state index contributed by atoms with van der Waals surface area (Å²) in [5.41, 5.74) is 5.52. The predicted octanol–water partition coefficient (Wildman–Crippen LogP) is -4.33. The van der Waals surface area contributed by atoms with Gasteiger partial charge in [0, 0.05) is 6.61 Å². The van der Waals surface area contributed by atoms with E-state index in [1.165, 1.54) is 0 Å². The van der Waals surface area contributed by atoms with Crippen molar-refractivity contribution in [2.75, 3.05) is 33.0 Å². The van der Waals surface area contributed by atoms with Crippen molar-refractivity contribution >= 4 is 0 Å². The van der Waals surface area contributed by atoms with Crippen LogP contribution in [-0.4, -0.2) is 171 Å². The van der Waals surface area contributed by atoms with Crippen LogP contribution >= 0.6 is 0 Å². The Morgan fingerprint density at radius 2 is 1.13 bits per heavy atom. The van der Waals surface area contributed by atoms with E-state index >= 15 is 0 Å². The van der Waals surface area contributed by atoms with Crippen LogP contribution in [-0.2, 0) is 28.4 Å². The van der Waals surface area contributed by atoms with E-state index in [1.807, 2.05) is 0 Å². The molecule has 46 heavy (non-hydrogen) atoms. The largest absolute Gasteiger partial charge is 0.491 e. The van der Waals surface area contributed by atoms with E-state index < -0.39 is 105 Å². The lowest BCUT2D eigenvalue weighted by Crippen LogP contribution is -2.66. The van der Waals surface area contributed by atoms with Gasteiger partial charge in [-0.1, -0.05) is 18.2 Å². The molecule has 0 radical (unpaired) electrons. The zero-order valence-electron chi connectivity index (χ0n) is 25.2. The Morgan fingerprint density at radius 3 is 1.74 bits per heavy atom. The minimum absolute atomic E-state index is 0.191. The van der Waals surface area contributed by atoms with Gasteiger partial charge in [-0.05, 0) is 37.9 Å². The monoisotopic (exact) mass is 665 g/mol. The lowest BCUT2D eigenvalue weighted by atomic mass is 9.96. The highest BCUT2D eigenvalue weighted by molar-refractivity contribution is 5.21. The molecule has 0 saturated carbocycles. The summed E-state index contributed by atoms with van der Waals surface area (Å²) in [7, 11) is 0. The maximum atomic E-state index is 11.1. The highest BCUT2D eigenvalue weighted by Gasteiger charge is 2.53. The number of hydrogen-bond acceptors (Lipinski definition) is 17. The second-order valence-corrected chi connectivity index (χ2v) is 11.5. The van der Waals surface area contributed by atoms with Crippen LogP contribution in [0.3, 0.4) is 0 Å². The van der Waals surface area contributed by atoms with Gasteiger partial charge in [-0.15, -0.1) is 0 Å². The number of rotatable bonds is 15. The highest BCUT2D eigenvalue weighted by atomic mass is 16.8. The summed E-state index contributed by atoms with van der Waals surface area (Å²) < 4.78 is 39.9. The molecule has 3 saturated heterocycles. The van der Waals surface area contributed by atoms with Crippen LogP contribution in [0.2, 0.25) is 0 Å². The van der Waals surface area contributed by atoms with E-state index in [1.54, 1.807) is 30.3 Å². The molecular formula is C29H47NO16. The summed E-state index contributed by atoms with van der Waals surface area (Å²) in [6, 6.07) is 8.69. The fourth-order valence-electron chi connectivity index (χ4n) is 5.49. The summed E-state index contributed by atoms with van der Waals surface area (Å²) >= 11 is 0. The number of para-hydroxylation sites is 1. The van der Waals surface area contributed by atoms with Crippen molar-refractivity contribution in [3.05, 3.63) is 30.3 Å². The lowest BCUT2D eigenvalue weighted by Gasteiger charge is -2.48. The molecule has 1 aromatic carbocycles. The van der Waals surface area contributed by atoms with Gasteiger partial charge in [0.25, 0.3) is 0 Å². The van der Waals surface area contributed by atoms with Crippen molar-refractivity contribution in [1.29, 1.82) is 0 Å². The Hall–Kier alpha value is -1.62. The third-order valence-electron chi connectivity index (χ3n) is 8.18. The number of aliphatic hydroxyl groups excluding tert-OH is 9. The first-order valence-corrected chi connectivity index (χ1v) is 15.4. The third kappa shape index (κ3) is 8.88. The summed E-state index contributed by atoms with van der Waals surface area (Å²) in [6.07, 6.45) is -21.4. The Labute approximate surface area is 265 Å². The molecular weight excluding hydrogens is 618 g/mol. The van der Waals surface area contributed by atoms with Gasteiger partial charge >= 0.3 is 0 Å². The van der Waals surface area contributed by atoms with Crippen LogP contribution in [0.15, 0.2) is 30.3 Å². The normalized spacial score (nSPS) is 41.7. The van der Waals surface area contributed by atoms with Gasteiger partial charge in [0.1, 0.15) is 85.6 Å². The van der Waals surface area contributed by atoms with E-state index in [2.05, 4.69) is 0 Å². The molecule has 3 aliphatic heterocycles. The Morgan fingerprint density at radius 1 is 0.587 bits per heavy atom. The quantitative estimate of drug-likeness (QED) is 0.0793. The number of benzene rings is 1. The van der Waals surface area contributed by atoms with Crippen LogP contribution in [0.4, 0.5) is 0 Å². The first-order valence-electron chi connectivity index (χ1n) is 15.4. The Kier molecular flexibility index (Phi) is 14.3. The van der Waals surface area contributed by atoms with Crippen LogP contribution < -0.4 is 10.5 Å². The zero-order chi connectivity index (χ0) is 33.4. The van der Waals surface area contributed by atoms with Crippen molar-refractivity contribution in [2.45, 2.75) is 111 Å². The molecule has 3 fully saturated rings. The molecule has 0 aromatic heterocycles. The number of hydrogen-bond donors (Lipinski definition) is 10. The molecule has 6 unspecified atom stereocenters. The summed E-state index contributed by atoms with van der Waals surface area (Å²) in [5, 5.41) is 93.9. The third-order valence-corrected chi connectivity index (χ3v) is 8.18. The SMILES string of the molecule is NCCCCCO[C@@H]1OC(COc2ccccc2)[C@@H](O[C@@H]2OC(CO)[C@H](O[C@H]3OC(CO)[C@H](O)[C@H](O)C3O)[C@H](O)C2O)[C@H](O)C1O. The minimum Gasteiger partial charge on any atom is -0.491 e. The first kappa shape index (κ1) is 37.2. The second-order valence-electron chi connectivity index (χ2n) is 11.5. The predicted molar refractivity (Wildman–Crippen MR) is 153 cm³/mol. The van der Waals surface area contributed by atoms with Crippen LogP contribution in [0, 0.1) is 0 Å². The lowest BCUT2D eigenvalue weighted by molar-refractivity contribution is -0.379. The highest BCUT2D eigenvalue weighted by Crippen LogP contribution is 2.33. The summed E-state index contributed by atoms with van der Waals surface area (Å²) in [4.78, 5) is 0. The number of aliphatic hydroxyl groups is 9. The number of unbranched alkanes of at least 4 members (excludes halogenated alkanes) is 2. The van der Waals surface area contributed by atoms with E-state index in [0.717, 1.165) is 12.8 Å². The zero-order valence-corrected chi connectivity index (χ0v) is 25.2. The van der Waals surface area contributed by atoms with Crippen LogP contribution in [0.1, 0.15) is 19.3 Å². The molecule has 3 aliphatic rings. The molecule has 17 nitrogen and oxygen atoms in total. The van der Waals surface area contributed by atoms with Crippen molar-refractivity contribution in [1.82, 2.24) is 0 Å². The Balaban J connectivity index is 1.46. The molecule has 0 aliphatic carbocycles. The van der Waals surface area contributed by atoms with Gasteiger partial charge in [0.05, 0.1) is 13.2 Å². The van der Waals surface area contributed by atoms with Crippen molar-refractivity contribution < 1.29 is 79.1 Å². The van der Waals surface area contributed by atoms with Crippen molar-refractivity contribution in [2.24, 2.45) is 5.73 Å². The fraction of sp³-hybridized carbons (Fsp3) is 0.793. The standard InChI is InChI=1S/C29H47NO16/c30-9-5-2-6-10-40-27-23(38)20(35)26(17(44-27)13-41-14-7-3-1-4-8-14)46-29-24(39)21(36)25(16(12-32)43-29)45-28-22(37)19(34)18(33)15(11-31)42-28/h1,3-4,7-8,15-29,31-39H,2,5-6,9-13,30H2/t15?,16?,17?,18-,19-,20+,21+,22?,23?,24?,25-,26+,27+,28+,29-/m0/s1. The van der Waals surface area contributed by atoms with Gasteiger partial charge in [0.2, 0.25) is 0 Å². The molecule has 1 aromatic rings. The van der Waals surface area contributed by atoms with Gasteiger partial charge in [-0.3, -0.25) is 0 Å². The fourth-order valence-corrected chi connectivity index (χ4v) is 5.49. The average molecular weight is 666 g/mol. The minimum atomic E-state index is -1.88. The molecule has 4 rings (SSSR count). The van der Waals surface area contributed by atoms with Crippen molar-refractivity contribution in [3.63, 3.8) is 0 Å². The van der Waals surface area contributed by atoms with Gasteiger partial charge in [0.15, 0.2) is 18.9 Å². The molecule has 17 heteroatoms. The van der Waals surface area contributed by atoms with Crippen LogP contribution in [0.5, 0.6) is 5.75 Å². The summed E-state index contributed by atoms with van der Waals surface area (Å²) in [5.74, 6) is 0.475. The second kappa shape index (κ2) is 17.7. The number of nitrogens with two attached hydrogens (primary N) is 1. The smallest absolute Gasteiger partial charge is 0.187 e. The van der Waals surface area contributed by atoms with E-state index in [0.29, 0.717) is 18.7 Å². The maximum Gasteiger partial charge on any atom is 0.187 e. The van der Waals surface area contributed by atoms with Crippen LogP contribution in [0.25, 0.3) is 0 Å². The molecule has 264 valence electrons. The number of ether oxygens (including phenoxy) is 7. The molecule has 0 spiro atoms. The van der Waals surface area contributed by atoms with Gasteiger partial charge in [-0.2, -0.15) is 0 Å². The summed E-state index contributed by atoms with van der Waals surface area (Å²) in [6.45, 7) is -0.969. The molecule has 15 atom stereocenters. The molecule has 0 bridgehead atoms. The average Bonchev–Trinajstić information content (AvgIpc) is 3.06. The van der Waals surface area contributed by atoms with E-state index in [-0.39, 0.29) is 13.2 Å². The van der Waals surface area contributed by atoms with E-state index in [4.69, 9.17) is 38.9 Å². The van der Waals surface area contributed by atoms with E-state index in [9.17, 15) is 46.0 Å². The maximum absolute atomic E-state index is 11.1. The molecule has 3 heterocycles. The molecule has 11 N–H and O–H groups in total. The van der Waals surface area contributed by atoms with Gasteiger partial charge in [-0.25, -0.2) is 0 Å². The Bertz CT molecular complexity index is 1010. The van der Waals surface area contributed by atoms with Crippen molar-refractivity contribution in [3.8, 4) is 5.75 Å². The molecule has 0 amide bonds. The topological polar surface area (TPSA) is 273 Å². The van der Waals surface area contributed by atoms with Gasteiger partial charge < -0.3 is 84.9 Å². The first-order chi connectivity index (χ1) is 22.1.